The second-order valence-electron chi connectivity index (χ2n) is 4.82. The molecule has 1 aromatic carbocycles. The molecular weight excluding hydrogens is 228 g/mol. The maximum absolute atomic E-state index is 11.0. The minimum atomic E-state index is -0.855. The van der Waals surface area contributed by atoms with Gasteiger partial charge in [-0.05, 0) is 43.0 Å². The third kappa shape index (κ3) is 2.89. The summed E-state index contributed by atoms with van der Waals surface area (Å²) < 4.78 is 0. The summed E-state index contributed by atoms with van der Waals surface area (Å²) in [5.41, 5.74) is 7.60. The number of hydrogen-bond acceptors (Lipinski definition) is 3. The van der Waals surface area contributed by atoms with E-state index in [4.69, 9.17) is 10.8 Å². The van der Waals surface area contributed by atoms with Crippen LogP contribution in [0.5, 0.6) is 0 Å². The Bertz CT molecular complexity index is 397. The van der Waals surface area contributed by atoms with E-state index in [1.165, 1.54) is 5.56 Å². The molecule has 1 atom stereocenters. The summed E-state index contributed by atoms with van der Waals surface area (Å²) in [6.45, 7) is 2.27. The first-order valence-corrected chi connectivity index (χ1v) is 6.46. The predicted octanol–water partition coefficient (Wildman–Crippen LogP) is 1.28. The molecule has 0 bridgehead atoms. The highest BCUT2D eigenvalue weighted by Gasteiger charge is 2.19. The molecule has 1 unspecified atom stereocenters. The minimum absolute atomic E-state index is 0.141. The number of hydrogen-bond donors (Lipinski definition) is 3. The van der Waals surface area contributed by atoms with Crippen LogP contribution >= 0.6 is 0 Å². The lowest BCUT2D eigenvalue weighted by molar-refractivity contribution is -0.138. The Morgan fingerprint density at radius 1 is 1.33 bits per heavy atom. The molecule has 4 N–H and O–H groups in total. The zero-order valence-corrected chi connectivity index (χ0v) is 10.4. The van der Waals surface area contributed by atoms with Gasteiger partial charge in [-0.3, -0.25) is 4.79 Å². The van der Waals surface area contributed by atoms with Crippen molar-refractivity contribution in [3.8, 4) is 0 Å². The number of nitrogens with two attached hydrogens (primary N) is 1. The first-order chi connectivity index (χ1) is 8.72. The number of aliphatic carboxylic acids is 1. The second-order valence-corrected chi connectivity index (χ2v) is 4.82. The number of nitrogens with one attached hydrogen (secondary N) is 1. The SMILES string of the molecule is NCC(C(=O)O)c1ccc(C2CCNCC2)cc1. The fourth-order valence-corrected chi connectivity index (χ4v) is 2.54. The lowest BCUT2D eigenvalue weighted by atomic mass is 9.88. The van der Waals surface area contributed by atoms with E-state index in [1.807, 2.05) is 12.1 Å². The Morgan fingerprint density at radius 3 is 2.44 bits per heavy atom. The van der Waals surface area contributed by atoms with Crippen LogP contribution in [-0.2, 0) is 4.79 Å². The van der Waals surface area contributed by atoms with Crippen LogP contribution in [0.4, 0.5) is 0 Å². The predicted molar refractivity (Wildman–Crippen MR) is 70.7 cm³/mol. The monoisotopic (exact) mass is 248 g/mol. The number of carboxylic acid groups (broad SMARTS) is 1. The standard InChI is InChI=1S/C14H20N2O2/c15-9-13(14(17)18)12-3-1-10(2-4-12)11-5-7-16-8-6-11/h1-4,11,13,16H,5-9,15H2,(H,17,18). The van der Waals surface area contributed by atoms with Gasteiger partial charge in [-0.2, -0.15) is 0 Å². The van der Waals surface area contributed by atoms with E-state index in [0.29, 0.717) is 5.92 Å². The lowest BCUT2D eigenvalue weighted by Crippen LogP contribution is -2.26. The van der Waals surface area contributed by atoms with Crippen LogP contribution in [0.3, 0.4) is 0 Å². The van der Waals surface area contributed by atoms with Crippen molar-refractivity contribution >= 4 is 5.97 Å². The van der Waals surface area contributed by atoms with Gasteiger partial charge in [0.15, 0.2) is 0 Å². The molecule has 2 rings (SSSR count). The van der Waals surface area contributed by atoms with Gasteiger partial charge in [0.25, 0.3) is 0 Å². The fraction of sp³-hybridized carbons (Fsp3) is 0.500. The minimum Gasteiger partial charge on any atom is -0.481 e. The van der Waals surface area contributed by atoms with Gasteiger partial charge in [-0.15, -0.1) is 0 Å². The highest BCUT2D eigenvalue weighted by atomic mass is 16.4. The van der Waals surface area contributed by atoms with Crippen molar-refractivity contribution in [1.29, 1.82) is 0 Å². The topological polar surface area (TPSA) is 75.4 Å². The highest BCUT2D eigenvalue weighted by molar-refractivity contribution is 5.76. The Kier molecular flexibility index (Phi) is 4.33. The third-order valence-electron chi connectivity index (χ3n) is 3.68. The van der Waals surface area contributed by atoms with Gasteiger partial charge in [0, 0.05) is 6.54 Å². The van der Waals surface area contributed by atoms with E-state index in [-0.39, 0.29) is 6.54 Å². The highest BCUT2D eigenvalue weighted by Crippen LogP contribution is 2.26. The average molecular weight is 248 g/mol. The summed E-state index contributed by atoms with van der Waals surface area (Å²) >= 11 is 0. The van der Waals surface area contributed by atoms with E-state index in [0.717, 1.165) is 31.5 Å². The molecule has 4 nitrogen and oxygen atoms in total. The van der Waals surface area contributed by atoms with Gasteiger partial charge < -0.3 is 16.2 Å². The third-order valence-corrected chi connectivity index (χ3v) is 3.68. The van der Waals surface area contributed by atoms with Crippen molar-refractivity contribution in [2.75, 3.05) is 19.6 Å². The van der Waals surface area contributed by atoms with Gasteiger partial charge >= 0.3 is 5.97 Å². The Balaban J connectivity index is 2.11. The molecule has 1 aromatic rings. The zero-order chi connectivity index (χ0) is 13.0. The smallest absolute Gasteiger partial charge is 0.312 e. The van der Waals surface area contributed by atoms with Crippen LogP contribution in [0.1, 0.15) is 35.8 Å². The number of carboxylic acids is 1. The van der Waals surface area contributed by atoms with Crippen molar-refractivity contribution in [3.05, 3.63) is 35.4 Å². The zero-order valence-electron chi connectivity index (χ0n) is 10.4. The van der Waals surface area contributed by atoms with Crippen LogP contribution in [-0.4, -0.2) is 30.7 Å². The van der Waals surface area contributed by atoms with Crippen molar-refractivity contribution in [3.63, 3.8) is 0 Å². The molecule has 0 radical (unpaired) electrons. The Morgan fingerprint density at radius 2 is 1.94 bits per heavy atom. The molecule has 1 saturated heterocycles. The molecule has 1 aliphatic heterocycles. The first-order valence-electron chi connectivity index (χ1n) is 6.46. The van der Waals surface area contributed by atoms with E-state index in [2.05, 4.69) is 17.4 Å². The average Bonchev–Trinajstić information content (AvgIpc) is 2.41. The van der Waals surface area contributed by atoms with Crippen molar-refractivity contribution in [1.82, 2.24) is 5.32 Å². The van der Waals surface area contributed by atoms with Gasteiger partial charge in [-0.25, -0.2) is 0 Å². The molecule has 0 aromatic heterocycles. The van der Waals surface area contributed by atoms with Crippen molar-refractivity contribution in [2.24, 2.45) is 5.73 Å². The van der Waals surface area contributed by atoms with E-state index < -0.39 is 11.9 Å². The number of carbonyl (C=O) groups is 1. The normalized spacial score (nSPS) is 18.5. The molecule has 98 valence electrons. The maximum Gasteiger partial charge on any atom is 0.312 e. The first kappa shape index (κ1) is 13.1. The molecule has 1 fully saturated rings. The lowest BCUT2D eigenvalue weighted by Gasteiger charge is -2.23. The molecule has 0 aliphatic carbocycles. The van der Waals surface area contributed by atoms with Crippen LogP contribution in [0.15, 0.2) is 24.3 Å². The molecule has 0 spiro atoms. The summed E-state index contributed by atoms with van der Waals surface area (Å²) in [6.07, 6.45) is 2.30. The second kappa shape index (κ2) is 5.98. The summed E-state index contributed by atoms with van der Waals surface area (Å²) in [4.78, 5) is 11.0. The van der Waals surface area contributed by atoms with Crippen LogP contribution < -0.4 is 11.1 Å². The summed E-state index contributed by atoms with van der Waals surface area (Å²) in [5.74, 6) is -0.847. The quantitative estimate of drug-likeness (QED) is 0.750. The van der Waals surface area contributed by atoms with Crippen LogP contribution in [0.2, 0.25) is 0 Å². The largest absolute Gasteiger partial charge is 0.481 e. The number of piperidine rings is 1. The van der Waals surface area contributed by atoms with Crippen LogP contribution in [0.25, 0.3) is 0 Å². The van der Waals surface area contributed by atoms with E-state index in [9.17, 15) is 4.79 Å². The maximum atomic E-state index is 11.0. The summed E-state index contributed by atoms with van der Waals surface area (Å²) in [7, 11) is 0. The molecule has 0 saturated carbocycles. The molecule has 1 heterocycles. The molecule has 4 heteroatoms. The number of rotatable bonds is 4. The van der Waals surface area contributed by atoms with Gasteiger partial charge in [0.2, 0.25) is 0 Å². The molecular formula is C14H20N2O2. The van der Waals surface area contributed by atoms with Gasteiger partial charge in [0.05, 0.1) is 5.92 Å². The summed E-state index contributed by atoms with van der Waals surface area (Å²) in [5, 5.41) is 12.4. The van der Waals surface area contributed by atoms with Gasteiger partial charge in [-0.1, -0.05) is 24.3 Å². The molecule has 18 heavy (non-hydrogen) atoms. The van der Waals surface area contributed by atoms with E-state index >= 15 is 0 Å². The van der Waals surface area contributed by atoms with E-state index in [1.54, 1.807) is 0 Å². The molecule has 1 aliphatic rings. The van der Waals surface area contributed by atoms with Crippen LogP contribution in [0, 0.1) is 0 Å². The van der Waals surface area contributed by atoms with Gasteiger partial charge in [0.1, 0.15) is 0 Å². The fourth-order valence-electron chi connectivity index (χ4n) is 2.54. The molecule has 0 amide bonds. The van der Waals surface area contributed by atoms with Crippen molar-refractivity contribution < 1.29 is 9.90 Å². The Hall–Kier alpha value is -1.39. The Labute approximate surface area is 107 Å². The van der Waals surface area contributed by atoms with Crippen molar-refractivity contribution in [2.45, 2.75) is 24.7 Å². The number of benzene rings is 1. The summed E-state index contributed by atoms with van der Waals surface area (Å²) in [6, 6.07) is 7.92.